The second-order valence-corrected chi connectivity index (χ2v) is 8.21. The number of hydrogen-bond donors (Lipinski definition) is 1. The summed E-state index contributed by atoms with van der Waals surface area (Å²) in [7, 11) is 0. The van der Waals surface area contributed by atoms with Crippen molar-refractivity contribution in [3.05, 3.63) is 95.8 Å². The van der Waals surface area contributed by atoms with Gasteiger partial charge in [0.15, 0.2) is 0 Å². The molecule has 5 nitrogen and oxygen atoms in total. The van der Waals surface area contributed by atoms with Crippen molar-refractivity contribution in [2.45, 2.75) is 32.2 Å². The Morgan fingerprint density at radius 1 is 1.00 bits per heavy atom. The zero-order valence-electron chi connectivity index (χ0n) is 18.7. The molecule has 4 rings (SSSR count). The lowest BCUT2D eigenvalue weighted by molar-refractivity contribution is -0.117. The Kier molecular flexibility index (Phi) is 7.03. The number of carbonyl (C=O) groups is 2. The van der Waals surface area contributed by atoms with Crippen molar-refractivity contribution in [2.75, 3.05) is 23.3 Å². The lowest BCUT2D eigenvalue weighted by Crippen LogP contribution is -2.49. The third-order valence-corrected chi connectivity index (χ3v) is 5.98. The first-order valence-corrected chi connectivity index (χ1v) is 11.3. The Morgan fingerprint density at radius 3 is 2.52 bits per heavy atom. The molecule has 1 atom stereocenters. The van der Waals surface area contributed by atoms with E-state index in [1.165, 1.54) is 6.07 Å². The maximum atomic E-state index is 14.1. The summed E-state index contributed by atoms with van der Waals surface area (Å²) in [4.78, 5) is 29.5. The maximum absolute atomic E-state index is 14.1. The van der Waals surface area contributed by atoms with Gasteiger partial charge in [-0.3, -0.25) is 9.69 Å². The SMILES string of the molecule is CC[C@H](C(=O)Nc1cccc(N2CCCN(Cc3ccccc3F)C2=O)c1)c1ccccc1. The number of hydrogen-bond acceptors (Lipinski definition) is 2. The van der Waals surface area contributed by atoms with Gasteiger partial charge in [-0.05, 0) is 42.7 Å². The first-order valence-electron chi connectivity index (χ1n) is 11.3. The van der Waals surface area contributed by atoms with Gasteiger partial charge in [-0.15, -0.1) is 0 Å². The van der Waals surface area contributed by atoms with Crippen LogP contribution in [0.2, 0.25) is 0 Å². The van der Waals surface area contributed by atoms with Crippen molar-refractivity contribution in [1.29, 1.82) is 0 Å². The van der Waals surface area contributed by atoms with Gasteiger partial charge in [0, 0.05) is 30.0 Å². The number of nitrogens with zero attached hydrogens (tertiary/aromatic N) is 2. The number of anilines is 2. The van der Waals surface area contributed by atoms with Gasteiger partial charge in [-0.2, -0.15) is 0 Å². The molecule has 33 heavy (non-hydrogen) atoms. The molecule has 0 bridgehead atoms. The van der Waals surface area contributed by atoms with E-state index in [1.807, 2.05) is 61.5 Å². The van der Waals surface area contributed by atoms with Crippen LogP contribution in [-0.2, 0) is 11.3 Å². The van der Waals surface area contributed by atoms with E-state index in [0.717, 1.165) is 12.0 Å². The van der Waals surface area contributed by atoms with Crippen LogP contribution < -0.4 is 10.2 Å². The molecule has 3 aromatic rings. The number of benzene rings is 3. The van der Waals surface area contributed by atoms with Crippen LogP contribution in [0.4, 0.5) is 20.6 Å². The minimum atomic E-state index is -0.309. The molecule has 6 heteroatoms. The molecule has 0 spiro atoms. The van der Waals surface area contributed by atoms with Crippen molar-refractivity contribution in [3.63, 3.8) is 0 Å². The first kappa shape index (κ1) is 22.5. The first-order chi connectivity index (χ1) is 16.1. The fourth-order valence-corrected chi connectivity index (χ4v) is 4.24. The monoisotopic (exact) mass is 445 g/mol. The van der Waals surface area contributed by atoms with E-state index in [4.69, 9.17) is 0 Å². The number of nitrogens with one attached hydrogen (secondary N) is 1. The lowest BCUT2D eigenvalue weighted by atomic mass is 9.95. The third-order valence-electron chi connectivity index (χ3n) is 5.98. The molecular weight excluding hydrogens is 417 g/mol. The Balaban J connectivity index is 1.48. The molecule has 1 aliphatic rings. The van der Waals surface area contributed by atoms with Crippen molar-refractivity contribution < 1.29 is 14.0 Å². The Labute approximate surface area is 193 Å². The summed E-state index contributed by atoms with van der Waals surface area (Å²) in [5.41, 5.74) is 2.83. The summed E-state index contributed by atoms with van der Waals surface area (Å²) in [6, 6.07) is 23.4. The van der Waals surface area contributed by atoms with E-state index < -0.39 is 0 Å². The van der Waals surface area contributed by atoms with Crippen LogP contribution in [0, 0.1) is 5.82 Å². The highest BCUT2D eigenvalue weighted by atomic mass is 19.1. The van der Waals surface area contributed by atoms with Gasteiger partial charge in [0.05, 0.1) is 12.5 Å². The lowest BCUT2D eigenvalue weighted by Gasteiger charge is -2.36. The summed E-state index contributed by atoms with van der Waals surface area (Å²) in [5, 5.41) is 3.00. The van der Waals surface area contributed by atoms with Crippen LogP contribution in [-0.4, -0.2) is 29.9 Å². The summed E-state index contributed by atoms with van der Waals surface area (Å²) in [6.45, 7) is 3.37. The van der Waals surface area contributed by atoms with Crippen LogP contribution in [0.1, 0.15) is 36.8 Å². The smallest absolute Gasteiger partial charge is 0.324 e. The zero-order valence-corrected chi connectivity index (χ0v) is 18.7. The molecule has 0 saturated carbocycles. The van der Waals surface area contributed by atoms with Crippen molar-refractivity contribution in [3.8, 4) is 0 Å². The molecule has 1 heterocycles. The van der Waals surface area contributed by atoms with Gasteiger partial charge >= 0.3 is 6.03 Å². The molecule has 1 fully saturated rings. The Bertz CT molecular complexity index is 1120. The topological polar surface area (TPSA) is 52.7 Å². The van der Waals surface area contributed by atoms with E-state index in [-0.39, 0.29) is 30.2 Å². The van der Waals surface area contributed by atoms with E-state index in [1.54, 1.807) is 28.0 Å². The van der Waals surface area contributed by atoms with E-state index in [0.29, 0.717) is 36.4 Å². The molecule has 0 aromatic heterocycles. The van der Waals surface area contributed by atoms with Crippen molar-refractivity contribution >= 4 is 23.3 Å². The molecule has 1 saturated heterocycles. The third kappa shape index (κ3) is 5.22. The average Bonchev–Trinajstić information content (AvgIpc) is 2.83. The fraction of sp³-hybridized carbons (Fsp3) is 0.259. The van der Waals surface area contributed by atoms with Crippen molar-refractivity contribution in [1.82, 2.24) is 4.90 Å². The second kappa shape index (κ2) is 10.3. The summed E-state index contributed by atoms with van der Waals surface area (Å²) < 4.78 is 14.1. The largest absolute Gasteiger partial charge is 0.325 e. The minimum Gasteiger partial charge on any atom is -0.325 e. The van der Waals surface area contributed by atoms with E-state index in [2.05, 4.69) is 5.32 Å². The molecule has 170 valence electrons. The van der Waals surface area contributed by atoms with Gasteiger partial charge in [0.25, 0.3) is 0 Å². The van der Waals surface area contributed by atoms with Crippen molar-refractivity contribution in [2.24, 2.45) is 0 Å². The molecule has 1 aliphatic heterocycles. The number of halogens is 1. The van der Waals surface area contributed by atoms with E-state index >= 15 is 0 Å². The van der Waals surface area contributed by atoms with Crippen LogP contribution in [0.3, 0.4) is 0 Å². The van der Waals surface area contributed by atoms with Gasteiger partial charge < -0.3 is 10.2 Å². The molecule has 0 aliphatic carbocycles. The standard InChI is InChI=1S/C27H28FN3O2/c1-2-24(20-10-4-3-5-11-20)26(32)29-22-13-8-14-23(18-22)31-17-9-16-30(27(31)33)19-21-12-6-7-15-25(21)28/h3-8,10-15,18,24H,2,9,16-17,19H2,1H3,(H,29,32)/t24-/m0/s1. The number of urea groups is 1. The number of carbonyl (C=O) groups excluding carboxylic acids is 2. The van der Waals surface area contributed by atoms with Gasteiger partial charge in [-0.1, -0.05) is 61.5 Å². The summed E-state index contributed by atoms with van der Waals surface area (Å²) in [6.07, 6.45) is 1.47. The minimum absolute atomic E-state index is 0.0769. The number of amides is 3. The Morgan fingerprint density at radius 2 is 1.76 bits per heavy atom. The molecule has 0 unspecified atom stereocenters. The normalized spacial score (nSPS) is 14.8. The van der Waals surface area contributed by atoms with Gasteiger partial charge in [0.2, 0.25) is 5.91 Å². The highest BCUT2D eigenvalue weighted by Crippen LogP contribution is 2.26. The van der Waals surface area contributed by atoms with Crippen LogP contribution in [0.25, 0.3) is 0 Å². The molecular formula is C27H28FN3O2. The maximum Gasteiger partial charge on any atom is 0.324 e. The predicted octanol–water partition coefficient (Wildman–Crippen LogP) is 5.79. The summed E-state index contributed by atoms with van der Waals surface area (Å²) in [5.74, 6) is -0.634. The summed E-state index contributed by atoms with van der Waals surface area (Å²) >= 11 is 0. The zero-order chi connectivity index (χ0) is 23.2. The molecule has 0 radical (unpaired) electrons. The van der Waals surface area contributed by atoms with Gasteiger partial charge in [-0.25, -0.2) is 9.18 Å². The quantitative estimate of drug-likeness (QED) is 0.500. The highest BCUT2D eigenvalue weighted by Gasteiger charge is 2.28. The Hall–Kier alpha value is -3.67. The van der Waals surface area contributed by atoms with Gasteiger partial charge in [0.1, 0.15) is 5.82 Å². The second-order valence-electron chi connectivity index (χ2n) is 8.21. The van der Waals surface area contributed by atoms with Crippen LogP contribution >= 0.6 is 0 Å². The number of rotatable bonds is 7. The molecule has 1 N–H and O–H groups in total. The molecule has 3 amide bonds. The highest BCUT2D eigenvalue weighted by molar-refractivity contribution is 5.97. The predicted molar refractivity (Wildman–Crippen MR) is 129 cm³/mol. The van der Waals surface area contributed by atoms with E-state index in [9.17, 15) is 14.0 Å². The average molecular weight is 446 g/mol. The van der Waals surface area contributed by atoms with Crippen LogP contribution in [0.15, 0.2) is 78.9 Å². The van der Waals surface area contributed by atoms with Crippen LogP contribution in [0.5, 0.6) is 0 Å². The fourth-order valence-electron chi connectivity index (χ4n) is 4.24. The molecule has 3 aromatic carbocycles.